The Balaban J connectivity index is 2.02. The lowest BCUT2D eigenvalue weighted by atomic mass is 10.0. The Morgan fingerprint density at radius 2 is 1.78 bits per heavy atom. The van der Waals surface area contributed by atoms with Crippen molar-refractivity contribution in [3.63, 3.8) is 0 Å². The van der Waals surface area contributed by atoms with Crippen molar-refractivity contribution in [3.8, 4) is 0 Å². The van der Waals surface area contributed by atoms with E-state index in [9.17, 15) is 0 Å². The van der Waals surface area contributed by atoms with E-state index in [2.05, 4.69) is 48.2 Å². The van der Waals surface area contributed by atoms with E-state index in [1.54, 1.807) is 0 Å². The summed E-state index contributed by atoms with van der Waals surface area (Å²) in [6, 6.07) is 9.46. The number of benzene rings is 1. The smallest absolute Gasteiger partial charge is 0.0366 e. The molecule has 1 heterocycles. The van der Waals surface area contributed by atoms with Gasteiger partial charge in [-0.05, 0) is 57.6 Å². The van der Waals surface area contributed by atoms with Crippen LogP contribution in [0.3, 0.4) is 0 Å². The Bertz CT molecular complexity index is 364. The van der Waals surface area contributed by atoms with E-state index in [1.165, 1.54) is 37.2 Å². The standard InChI is InChI=1S/C15H25N3/c1-12(16)13-4-6-14(7-5-13)18(3)15-8-10-17(2)11-9-15/h4-7,12,15H,8-11,16H2,1-3H3/t12-/m0/s1. The lowest BCUT2D eigenvalue weighted by Gasteiger charge is -2.36. The predicted molar refractivity (Wildman–Crippen MR) is 78.0 cm³/mol. The molecule has 1 aliphatic rings. The number of anilines is 1. The summed E-state index contributed by atoms with van der Waals surface area (Å²) >= 11 is 0. The van der Waals surface area contributed by atoms with Crippen LogP contribution in [-0.4, -0.2) is 38.1 Å². The van der Waals surface area contributed by atoms with Gasteiger partial charge in [0.25, 0.3) is 0 Å². The monoisotopic (exact) mass is 247 g/mol. The molecule has 1 aromatic rings. The van der Waals surface area contributed by atoms with Gasteiger partial charge in [0.2, 0.25) is 0 Å². The number of piperidine rings is 1. The second-order valence-electron chi connectivity index (χ2n) is 5.53. The molecule has 0 bridgehead atoms. The van der Waals surface area contributed by atoms with Crippen LogP contribution in [0.2, 0.25) is 0 Å². The molecule has 3 nitrogen and oxygen atoms in total. The average Bonchev–Trinajstić information content (AvgIpc) is 2.39. The molecule has 1 fully saturated rings. The van der Waals surface area contributed by atoms with Crippen molar-refractivity contribution in [2.24, 2.45) is 5.73 Å². The second kappa shape index (κ2) is 5.72. The third-order valence-corrected chi connectivity index (χ3v) is 4.06. The molecule has 1 saturated heterocycles. The number of hydrogen-bond donors (Lipinski definition) is 1. The first kappa shape index (κ1) is 13.4. The first-order valence-corrected chi connectivity index (χ1v) is 6.85. The number of likely N-dealkylation sites (tertiary alicyclic amines) is 1. The molecule has 0 aromatic heterocycles. The Kier molecular flexibility index (Phi) is 4.25. The molecule has 2 N–H and O–H groups in total. The zero-order chi connectivity index (χ0) is 13.1. The van der Waals surface area contributed by atoms with Gasteiger partial charge >= 0.3 is 0 Å². The average molecular weight is 247 g/mol. The third kappa shape index (κ3) is 3.03. The van der Waals surface area contributed by atoms with Crippen LogP contribution in [0.4, 0.5) is 5.69 Å². The van der Waals surface area contributed by atoms with E-state index in [0.717, 1.165) is 0 Å². The fourth-order valence-electron chi connectivity index (χ4n) is 2.61. The second-order valence-corrected chi connectivity index (χ2v) is 5.53. The van der Waals surface area contributed by atoms with Crippen LogP contribution in [0.1, 0.15) is 31.4 Å². The van der Waals surface area contributed by atoms with E-state index < -0.39 is 0 Å². The van der Waals surface area contributed by atoms with Crippen molar-refractivity contribution in [2.75, 3.05) is 32.1 Å². The molecule has 100 valence electrons. The molecule has 0 saturated carbocycles. The molecule has 0 amide bonds. The quantitative estimate of drug-likeness (QED) is 0.889. The number of nitrogens with two attached hydrogens (primary N) is 1. The summed E-state index contributed by atoms with van der Waals surface area (Å²) in [4.78, 5) is 4.82. The first-order valence-electron chi connectivity index (χ1n) is 6.85. The summed E-state index contributed by atoms with van der Waals surface area (Å²) in [5.41, 5.74) is 8.38. The molecule has 3 heteroatoms. The molecular formula is C15H25N3. The van der Waals surface area contributed by atoms with Gasteiger partial charge in [-0.2, -0.15) is 0 Å². The zero-order valence-electron chi connectivity index (χ0n) is 11.8. The van der Waals surface area contributed by atoms with Gasteiger partial charge < -0.3 is 15.5 Å². The zero-order valence-corrected chi connectivity index (χ0v) is 11.8. The predicted octanol–water partition coefficient (Wildman–Crippen LogP) is 2.24. The molecule has 1 aliphatic heterocycles. The lowest BCUT2D eigenvalue weighted by Crippen LogP contribution is -2.41. The molecule has 0 radical (unpaired) electrons. The minimum atomic E-state index is 0.118. The van der Waals surface area contributed by atoms with Gasteiger partial charge in [0.15, 0.2) is 0 Å². The van der Waals surface area contributed by atoms with Crippen LogP contribution >= 0.6 is 0 Å². The van der Waals surface area contributed by atoms with Crippen molar-refractivity contribution in [1.29, 1.82) is 0 Å². The highest BCUT2D eigenvalue weighted by atomic mass is 15.2. The Labute approximate surface area is 111 Å². The first-order chi connectivity index (χ1) is 8.58. The van der Waals surface area contributed by atoms with Gasteiger partial charge in [0.1, 0.15) is 0 Å². The topological polar surface area (TPSA) is 32.5 Å². The normalized spacial score (nSPS) is 19.8. The third-order valence-electron chi connectivity index (χ3n) is 4.06. The summed E-state index contributed by atoms with van der Waals surface area (Å²) in [6.45, 7) is 4.43. The SMILES string of the molecule is C[C@H](N)c1ccc(N(C)C2CCN(C)CC2)cc1. The maximum atomic E-state index is 5.88. The van der Waals surface area contributed by atoms with Crippen molar-refractivity contribution < 1.29 is 0 Å². The number of rotatable bonds is 3. The maximum absolute atomic E-state index is 5.88. The maximum Gasteiger partial charge on any atom is 0.0366 e. The highest BCUT2D eigenvalue weighted by Crippen LogP contribution is 2.23. The largest absolute Gasteiger partial charge is 0.372 e. The summed E-state index contributed by atoms with van der Waals surface area (Å²) in [5.74, 6) is 0. The Morgan fingerprint density at radius 1 is 1.22 bits per heavy atom. The molecule has 2 rings (SSSR count). The fourth-order valence-corrected chi connectivity index (χ4v) is 2.61. The molecule has 1 atom stereocenters. The molecule has 1 aromatic carbocycles. The Morgan fingerprint density at radius 3 is 2.28 bits per heavy atom. The van der Waals surface area contributed by atoms with E-state index in [-0.39, 0.29) is 6.04 Å². The van der Waals surface area contributed by atoms with Gasteiger partial charge in [-0.25, -0.2) is 0 Å². The summed E-state index contributed by atoms with van der Waals surface area (Å²) in [7, 11) is 4.41. The molecule has 0 aliphatic carbocycles. The lowest BCUT2D eigenvalue weighted by molar-refractivity contribution is 0.253. The van der Waals surface area contributed by atoms with E-state index in [4.69, 9.17) is 5.73 Å². The van der Waals surface area contributed by atoms with Crippen LogP contribution in [0.15, 0.2) is 24.3 Å². The van der Waals surface area contributed by atoms with E-state index in [1.807, 2.05) is 6.92 Å². The van der Waals surface area contributed by atoms with Crippen molar-refractivity contribution >= 4 is 5.69 Å². The fraction of sp³-hybridized carbons (Fsp3) is 0.600. The van der Waals surface area contributed by atoms with Gasteiger partial charge in [0, 0.05) is 24.8 Å². The van der Waals surface area contributed by atoms with Crippen LogP contribution in [0, 0.1) is 0 Å². The summed E-state index contributed by atoms with van der Waals surface area (Å²) in [6.07, 6.45) is 2.50. The summed E-state index contributed by atoms with van der Waals surface area (Å²) < 4.78 is 0. The van der Waals surface area contributed by atoms with Crippen molar-refractivity contribution in [3.05, 3.63) is 29.8 Å². The number of nitrogens with zero attached hydrogens (tertiary/aromatic N) is 2. The molecule has 0 spiro atoms. The minimum Gasteiger partial charge on any atom is -0.372 e. The van der Waals surface area contributed by atoms with Crippen molar-refractivity contribution in [2.45, 2.75) is 31.8 Å². The van der Waals surface area contributed by atoms with E-state index in [0.29, 0.717) is 6.04 Å². The molecule has 0 unspecified atom stereocenters. The highest BCUT2D eigenvalue weighted by Gasteiger charge is 2.20. The van der Waals surface area contributed by atoms with Gasteiger partial charge in [-0.1, -0.05) is 12.1 Å². The van der Waals surface area contributed by atoms with Crippen LogP contribution < -0.4 is 10.6 Å². The molecule has 18 heavy (non-hydrogen) atoms. The minimum absolute atomic E-state index is 0.118. The van der Waals surface area contributed by atoms with E-state index >= 15 is 0 Å². The van der Waals surface area contributed by atoms with Gasteiger partial charge in [0.05, 0.1) is 0 Å². The van der Waals surface area contributed by atoms with Crippen LogP contribution in [-0.2, 0) is 0 Å². The van der Waals surface area contributed by atoms with Crippen molar-refractivity contribution in [1.82, 2.24) is 4.90 Å². The van der Waals surface area contributed by atoms with Crippen LogP contribution in [0.25, 0.3) is 0 Å². The molecular weight excluding hydrogens is 222 g/mol. The highest BCUT2D eigenvalue weighted by molar-refractivity contribution is 5.48. The van der Waals surface area contributed by atoms with Gasteiger partial charge in [-0.15, -0.1) is 0 Å². The van der Waals surface area contributed by atoms with Crippen LogP contribution in [0.5, 0.6) is 0 Å². The number of hydrogen-bond acceptors (Lipinski definition) is 3. The Hall–Kier alpha value is -1.06. The summed E-state index contributed by atoms with van der Waals surface area (Å²) in [5, 5.41) is 0. The van der Waals surface area contributed by atoms with Gasteiger partial charge in [-0.3, -0.25) is 0 Å².